The maximum absolute atomic E-state index is 14.0. The largest absolute Gasteiger partial charge is 0.320 e. The Kier molecular flexibility index (Phi) is 4.15. The SMILES string of the molecule is Cc1c(C)c(C)c(C(N)c2c(F)cccc2F)c(C)c1C. The van der Waals surface area contributed by atoms with Crippen molar-refractivity contribution < 1.29 is 8.78 Å². The fraction of sp³-hybridized carbons (Fsp3) is 0.333. The summed E-state index contributed by atoms with van der Waals surface area (Å²) < 4.78 is 28.0. The van der Waals surface area contributed by atoms with Gasteiger partial charge in [-0.3, -0.25) is 0 Å². The summed E-state index contributed by atoms with van der Waals surface area (Å²) in [5.74, 6) is -1.20. The molecule has 0 heterocycles. The summed E-state index contributed by atoms with van der Waals surface area (Å²) >= 11 is 0. The summed E-state index contributed by atoms with van der Waals surface area (Å²) in [4.78, 5) is 0. The van der Waals surface area contributed by atoms with Gasteiger partial charge in [-0.15, -0.1) is 0 Å². The van der Waals surface area contributed by atoms with Gasteiger partial charge in [0.1, 0.15) is 11.6 Å². The Balaban J connectivity index is 2.73. The van der Waals surface area contributed by atoms with E-state index in [1.54, 1.807) is 0 Å². The summed E-state index contributed by atoms with van der Waals surface area (Å²) in [7, 11) is 0. The Morgan fingerprint density at radius 1 is 0.714 bits per heavy atom. The van der Waals surface area contributed by atoms with E-state index in [0.717, 1.165) is 27.8 Å². The van der Waals surface area contributed by atoms with Crippen LogP contribution in [0.2, 0.25) is 0 Å². The van der Waals surface area contributed by atoms with Crippen molar-refractivity contribution in [2.45, 2.75) is 40.7 Å². The maximum atomic E-state index is 14.0. The number of rotatable bonds is 2. The van der Waals surface area contributed by atoms with E-state index in [1.807, 2.05) is 27.7 Å². The van der Waals surface area contributed by atoms with Crippen LogP contribution < -0.4 is 5.73 Å². The quantitative estimate of drug-likeness (QED) is 0.862. The first-order valence-corrected chi connectivity index (χ1v) is 7.03. The van der Waals surface area contributed by atoms with Gasteiger partial charge in [-0.2, -0.15) is 0 Å². The van der Waals surface area contributed by atoms with Crippen LogP contribution in [0.3, 0.4) is 0 Å². The van der Waals surface area contributed by atoms with Crippen molar-refractivity contribution in [2.75, 3.05) is 0 Å². The molecule has 0 aromatic heterocycles. The van der Waals surface area contributed by atoms with E-state index in [2.05, 4.69) is 6.92 Å². The van der Waals surface area contributed by atoms with E-state index in [4.69, 9.17) is 5.73 Å². The number of benzene rings is 2. The lowest BCUT2D eigenvalue weighted by atomic mass is 9.84. The highest BCUT2D eigenvalue weighted by molar-refractivity contribution is 5.53. The first-order chi connectivity index (χ1) is 9.77. The molecule has 3 heteroatoms. The lowest BCUT2D eigenvalue weighted by molar-refractivity contribution is 0.542. The molecule has 1 atom stereocenters. The molecule has 0 amide bonds. The van der Waals surface area contributed by atoms with Crippen molar-refractivity contribution in [3.8, 4) is 0 Å². The molecule has 0 aliphatic rings. The Morgan fingerprint density at radius 2 is 1.10 bits per heavy atom. The Bertz CT molecular complexity index is 656. The zero-order valence-corrected chi connectivity index (χ0v) is 13.1. The van der Waals surface area contributed by atoms with Gasteiger partial charge in [0.15, 0.2) is 0 Å². The highest BCUT2D eigenvalue weighted by Crippen LogP contribution is 2.34. The average molecular weight is 289 g/mol. The molecular weight excluding hydrogens is 268 g/mol. The second-order valence-corrected chi connectivity index (χ2v) is 5.65. The second-order valence-electron chi connectivity index (χ2n) is 5.65. The van der Waals surface area contributed by atoms with Gasteiger partial charge in [0.05, 0.1) is 6.04 Å². The highest BCUT2D eigenvalue weighted by Gasteiger charge is 2.23. The second kappa shape index (κ2) is 5.57. The van der Waals surface area contributed by atoms with E-state index >= 15 is 0 Å². The minimum Gasteiger partial charge on any atom is -0.320 e. The van der Waals surface area contributed by atoms with Crippen molar-refractivity contribution in [1.82, 2.24) is 0 Å². The van der Waals surface area contributed by atoms with Gasteiger partial charge in [-0.25, -0.2) is 8.78 Å². The van der Waals surface area contributed by atoms with E-state index in [1.165, 1.54) is 23.8 Å². The van der Waals surface area contributed by atoms with Crippen LogP contribution in [0.5, 0.6) is 0 Å². The van der Waals surface area contributed by atoms with E-state index < -0.39 is 17.7 Å². The summed E-state index contributed by atoms with van der Waals surface area (Å²) in [6.07, 6.45) is 0. The zero-order valence-electron chi connectivity index (χ0n) is 13.1. The predicted octanol–water partition coefficient (Wildman–Crippen LogP) is 4.56. The summed E-state index contributed by atoms with van der Waals surface area (Å²) in [5, 5.41) is 0. The van der Waals surface area contributed by atoms with Crippen LogP contribution in [-0.2, 0) is 0 Å². The molecule has 0 saturated heterocycles. The van der Waals surface area contributed by atoms with Crippen LogP contribution in [0, 0.1) is 46.3 Å². The molecule has 0 aliphatic carbocycles. The zero-order chi connectivity index (χ0) is 15.9. The van der Waals surface area contributed by atoms with Crippen molar-refractivity contribution in [3.63, 3.8) is 0 Å². The van der Waals surface area contributed by atoms with Crippen molar-refractivity contribution in [2.24, 2.45) is 5.73 Å². The summed E-state index contributed by atoms with van der Waals surface area (Å²) in [6, 6.07) is 3.05. The van der Waals surface area contributed by atoms with Crippen LogP contribution in [0.25, 0.3) is 0 Å². The normalized spacial score (nSPS) is 12.6. The molecule has 2 aromatic rings. The number of hydrogen-bond donors (Lipinski definition) is 1. The van der Waals surface area contributed by atoms with Crippen LogP contribution in [-0.4, -0.2) is 0 Å². The monoisotopic (exact) mass is 289 g/mol. The topological polar surface area (TPSA) is 26.0 Å². The Hall–Kier alpha value is -1.74. The first kappa shape index (κ1) is 15.6. The summed E-state index contributed by atoms with van der Waals surface area (Å²) in [5.41, 5.74) is 12.4. The molecule has 0 bridgehead atoms. The smallest absolute Gasteiger partial charge is 0.131 e. The van der Waals surface area contributed by atoms with Crippen LogP contribution in [0.1, 0.15) is 45.0 Å². The summed E-state index contributed by atoms with van der Waals surface area (Å²) in [6.45, 7) is 10.0. The van der Waals surface area contributed by atoms with Crippen LogP contribution in [0.15, 0.2) is 18.2 Å². The molecule has 0 saturated carbocycles. The van der Waals surface area contributed by atoms with Crippen molar-refractivity contribution >= 4 is 0 Å². The molecule has 1 unspecified atom stereocenters. The minimum absolute atomic E-state index is 0.0636. The maximum Gasteiger partial charge on any atom is 0.131 e. The third-order valence-electron chi connectivity index (χ3n) is 4.68. The van der Waals surface area contributed by atoms with Crippen LogP contribution in [0.4, 0.5) is 8.78 Å². The van der Waals surface area contributed by atoms with Crippen LogP contribution >= 0.6 is 0 Å². The molecule has 0 radical (unpaired) electrons. The van der Waals surface area contributed by atoms with Crippen molar-refractivity contribution in [1.29, 1.82) is 0 Å². The molecular formula is C18H21F2N. The molecule has 21 heavy (non-hydrogen) atoms. The molecule has 0 aliphatic heterocycles. The predicted molar refractivity (Wildman–Crippen MR) is 82.5 cm³/mol. The minimum atomic E-state index is -0.802. The number of halogens is 2. The third-order valence-corrected chi connectivity index (χ3v) is 4.68. The molecule has 2 N–H and O–H groups in total. The molecule has 2 rings (SSSR count). The van der Waals surface area contributed by atoms with Gasteiger partial charge in [0.2, 0.25) is 0 Å². The number of nitrogens with two attached hydrogens (primary N) is 1. The fourth-order valence-corrected chi connectivity index (χ4v) is 2.95. The van der Waals surface area contributed by atoms with Gasteiger partial charge in [-0.1, -0.05) is 6.07 Å². The van der Waals surface area contributed by atoms with E-state index in [-0.39, 0.29) is 5.56 Å². The van der Waals surface area contributed by atoms with Gasteiger partial charge in [0, 0.05) is 5.56 Å². The lowest BCUT2D eigenvalue weighted by Crippen LogP contribution is -2.19. The van der Waals surface area contributed by atoms with E-state index in [0.29, 0.717) is 0 Å². The van der Waals surface area contributed by atoms with Gasteiger partial charge in [0.25, 0.3) is 0 Å². The highest BCUT2D eigenvalue weighted by atomic mass is 19.1. The molecule has 2 aromatic carbocycles. The third kappa shape index (κ3) is 2.46. The Labute approximate surface area is 124 Å². The standard InChI is InChI=1S/C18H21F2N/c1-9-10(2)12(4)16(13(5)11(9)3)18(21)17-14(19)7-6-8-15(17)20/h6-8,18H,21H2,1-5H3. The average Bonchev–Trinajstić information content (AvgIpc) is 2.43. The van der Waals surface area contributed by atoms with Crippen molar-refractivity contribution in [3.05, 3.63) is 68.8 Å². The lowest BCUT2D eigenvalue weighted by Gasteiger charge is -2.24. The number of hydrogen-bond acceptors (Lipinski definition) is 1. The van der Waals surface area contributed by atoms with Gasteiger partial charge < -0.3 is 5.73 Å². The Morgan fingerprint density at radius 3 is 1.52 bits per heavy atom. The van der Waals surface area contributed by atoms with Gasteiger partial charge >= 0.3 is 0 Å². The van der Waals surface area contributed by atoms with E-state index in [9.17, 15) is 8.78 Å². The van der Waals surface area contributed by atoms with Gasteiger partial charge in [-0.05, 0) is 80.1 Å². The molecule has 0 fully saturated rings. The molecule has 0 spiro atoms. The molecule has 1 nitrogen and oxygen atoms in total. The fourth-order valence-electron chi connectivity index (χ4n) is 2.95. The first-order valence-electron chi connectivity index (χ1n) is 7.03. The molecule has 112 valence electrons.